The zero-order valence-corrected chi connectivity index (χ0v) is 19.4. The van der Waals surface area contributed by atoms with Gasteiger partial charge in [0.1, 0.15) is 11.6 Å². The van der Waals surface area contributed by atoms with E-state index in [0.717, 1.165) is 12.0 Å². The van der Waals surface area contributed by atoms with Crippen LogP contribution in [0.5, 0.6) is 0 Å². The molecule has 0 radical (unpaired) electrons. The Kier molecular flexibility index (Phi) is 5.26. The smallest absolute Gasteiger partial charge is 0.276 e. The van der Waals surface area contributed by atoms with Gasteiger partial charge in [0.25, 0.3) is 15.2 Å². The maximum Gasteiger partial charge on any atom is 0.276 e. The van der Waals surface area contributed by atoms with E-state index >= 15 is 0 Å². The molecule has 5 rings (SSSR count). The van der Waals surface area contributed by atoms with Crippen molar-refractivity contribution in [1.82, 2.24) is 24.9 Å². The number of aliphatic hydroxyl groups is 1. The second kappa shape index (κ2) is 7.82. The van der Waals surface area contributed by atoms with Crippen molar-refractivity contribution in [1.29, 1.82) is 0 Å². The minimum atomic E-state index is -4.01. The third kappa shape index (κ3) is 3.10. The van der Waals surface area contributed by atoms with Crippen molar-refractivity contribution in [2.45, 2.75) is 43.2 Å². The lowest BCUT2D eigenvalue weighted by Gasteiger charge is -2.37. The highest BCUT2D eigenvalue weighted by atomic mass is 32.2. The molecule has 3 aromatic rings. The molecule has 8 nitrogen and oxygen atoms in total. The molecule has 1 saturated carbocycles. The van der Waals surface area contributed by atoms with E-state index in [1.807, 2.05) is 0 Å². The summed E-state index contributed by atoms with van der Waals surface area (Å²) in [6.07, 6.45) is 2.84. The Bertz CT molecular complexity index is 1380. The molecule has 1 fully saturated rings. The van der Waals surface area contributed by atoms with Crippen LogP contribution in [0.25, 0.3) is 11.3 Å². The van der Waals surface area contributed by atoms with Gasteiger partial charge in [-0.15, -0.1) is 5.10 Å². The van der Waals surface area contributed by atoms with E-state index < -0.39 is 37.6 Å². The fraction of sp³-hybridized carbons (Fsp3) is 0.391. The summed E-state index contributed by atoms with van der Waals surface area (Å²) in [6.45, 7) is 3.62. The van der Waals surface area contributed by atoms with E-state index in [1.165, 1.54) is 24.4 Å². The van der Waals surface area contributed by atoms with Gasteiger partial charge in [0.15, 0.2) is 0 Å². The molecule has 2 atom stereocenters. The van der Waals surface area contributed by atoms with Crippen LogP contribution >= 0.6 is 0 Å². The molecular weight excluding hydrogens is 464 g/mol. The first kappa shape index (κ1) is 22.9. The Morgan fingerprint density at radius 3 is 2.62 bits per heavy atom. The first-order valence-electron chi connectivity index (χ1n) is 10.9. The summed E-state index contributed by atoms with van der Waals surface area (Å²) in [5.41, 5.74) is 0.716. The number of fused-ring (bicyclic) bond motifs is 5. The summed E-state index contributed by atoms with van der Waals surface area (Å²) in [4.78, 5) is 8.35. The highest BCUT2D eigenvalue weighted by Gasteiger charge is 2.65. The van der Waals surface area contributed by atoms with Crippen molar-refractivity contribution in [3.63, 3.8) is 0 Å². The van der Waals surface area contributed by atoms with Gasteiger partial charge < -0.3 is 5.11 Å². The van der Waals surface area contributed by atoms with Gasteiger partial charge in [-0.25, -0.2) is 31.9 Å². The fourth-order valence-electron chi connectivity index (χ4n) is 5.71. The number of aromatic nitrogens is 4. The summed E-state index contributed by atoms with van der Waals surface area (Å²) >= 11 is 0. The van der Waals surface area contributed by atoms with E-state index in [9.17, 15) is 17.2 Å². The SMILES string of the molecule is CC1(C)[C@H]2CC[C@@]1(c1ccnc(S(=O)(=O)NCCO)n1)c1nnc(-c3c(F)cccc3F)cc12. The number of halogens is 2. The van der Waals surface area contributed by atoms with Crippen molar-refractivity contribution in [3.8, 4) is 11.3 Å². The van der Waals surface area contributed by atoms with Crippen molar-refractivity contribution in [2.24, 2.45) is 5.41 Å². The summed E-state index contributed by atoms with van der Waals surface area (Å²) < 4.78 is 56.3. The average Bonchev–Trinajstić information content (AvgIpc) is 3.19. The Morgan fingerprint density at radius 1 is 1.18 bits per heavy atom. The lowest BCUT2D eigenvalue weighted by Crippen LogP contribution is -2.38. The Hall–Kier alpha value is -2.89. The maximum absolute atomic E-state index is 14.4. The van der Waals surface area contributed by atoms with Crippen molar-refractivity contribution < 1.29 is 22.3 Å². The number of benzene rings is 1. The summed E-state index contributed by atoms with van der Waals surface area (Å²) in [6, 6.07) is 7.03. The number of aliphatic hydroxyl groups excluding tert-OH is 1. The van der Waals surface area contributed by atoms with Gasteiger partial charge in [-0.1, -0.05) is 19.9 Å². The number of hydrogen-bond donors (Lipinski definition) is 2. The maximum atomic E-state index is 14.4. The molecule has 2 aliphatic carbocycles. The van der Waals surface area contributed by atoms with Crippen LogP contribution in [0.1, 0.15) is 49.6 Å². The van der Waals surface area contributed by atoms with Crippen LogP contribution in [-0.2, 0) is 15.4 Å². The topological polar surface area (TPSA) is 118 Å². The highest BCUT2D eigenvalue weighted by molar-refractivity contribution is 7.89. The second-order valence-electron chi connectivity index (χ2n) is 9.19. The molecular formula is C23H23F2N5O3S. The largest absolute Gasteiger partial charge is 0.395 e. The van der Waals surface area contributed by atoms with E-state index in [1.54, 1.807) is 12.1 Å². The molecule has 2 bridgehead atoms. The number of sulfonamides is 1. The summed E-state index contributed by atoms with van der Waals surface area (Å²) in [7, 11) is -4.01. The molecule has 2 aromatic heterocycles. The van der Waals surface area contributed by atoms with Crippen LogP contribution in [0.3, 0.4) is 0 Å². The summed E-state index contributed by atoms with van der Waals surface area (Å²) in [5, 5.41) is 17.2. The predicted octanol–water partition coefficient (Wildman–Crippen LogP) is 2.69. The van der Waals surface area contributed by atoms with Crippen LogP contribution in [-0.4, -0.2) is 46.8 Å². The minimum Gasteiger partial charge on any atom is -0.395 e. The molecule has 2 heterocycles. The van der Waals surface area contributed by atoms with E-state index in [2.05, 4.69) is 38.7 Å². The molecule has 0 aliphatic heterocycles. The molecule has 0 amide bonds. The van der Waals surface area contributed by atoms with E-state index in [0.29, 0.717) is 17.8 Å². The van der Waals surface area contributed by atoms with Gasteiger partial charge in [0.05, 0.1) is 34.7 Å². The molecule has 2 N–H and O–H groups in total. The Labute approximate surface area is 195 Å². The van der Waals surface area contributed by atoms with Gasteiger partial charge >= 0.3 is 0 Å². The lowest BCUT2D eigenvalue weighted by atomic mass is 9.66. The van der Waals surface area contributed by atoms with Crippen molar-refractivity contribution in [3.05, 3.63) is 65.1 Å². The molecule has 0 spiro atoms. The zero-order valence-electron chi connectivity index (χ0n) is 18.6. The third-order valence-corrected chi connectivity index (χ3v) is 8.58. The van der Waals surface area contributed by atoms with Gasteiger partial charge in [-0.2, -0.15) is 5.10 Å². The number of hydrogen-bond acceptors (Lipinski definition) is 7. The average molecular weight is 488 g/mol. The van der Waals surface area contributed by atoms with Crippen molar-refractivity contribution in [2.75, 3.05) is 13.2 Å². The highest BCUT2D eigenvalue weighted by Crippen LogP contribution is 2.69. The number of nitrogens with zero attached hydrogens (tertiary/aromatic N) is 4. The normalized spacial score (nSPS) is 22.7. The van der Waals surface area contributed by atoms with Crippen LogP contribution in [0.4, 0.5) is 8.78 Å². The quantitative estimate of drug-likeness (QED) is 0.513. The molecule has 1 aromatic carbocycles. The summed E-state index contributed by atoms with van der Waals surface area (Å²) in [5.74, 6) is -1.41. The molecule has 0 unspecified atom stereocenters. The first-order valence-corrected chi connectivity index (χ1v) is 12.4. The first-order chi connectivity index (χ1) is 16.1. The standard InChI is InChI=1S/C23H23F2N5O3S/c1-22(2)14-6-8-23(22,18-7-9-26-21(28-18)34(32,33)27-10-11-31)20-13(14)12-17(29-30-20)19-15(24)4-3-5-16(19)25/h3-5,7,9,12,14,27,31H,6,8,10-11H2,1-2H3/t14-,23+/m0/s1. The molecule has 11 heteroatoms. The third-order valence-electron chi connectivity index (χ3n) is 7.32. The van der Waals surface area contributed by atoms with Gasteiger partial charge in [-0.3, -0.25) is 0 Å². The van der Waals surface area contributed by atoms with Gasteiger partial charge in [-0.05, 0) is 54.0 Å². The van der Waals surface area contributed by atoms with Crippen LogP contribution < -0.4 is 4.72 Å². The number of nitrogens with one attached hydrogen (secondary N) is 1. The van der Waals surface area contributed by atoms with Gasteiger partial charge in [0, 0.05) is 12.7 Å². The zero-order chi connectivity index (χ0) is 24.3. The molecule has 2 aliphatic rings. The fourth-order valence-corrected chi connectivity index (χ4v) is 6.62. The molecule has 0 saturated heterocycles. The van der Waals surface area contributed by atoms with E-state index in [4.69, 9.17) is 5.11 Å². The number of rotatable bonds is 6. The van der Waals surface area contributed by atoms with Crippen LogP contribution in [0.15, 0.2) is 41.7 Å². The molecule has 178 valence electrons. The minimum absolute atomic E-state index is 0.0223. The second-order valence-corrected chi connectivity index (χ2v) is 10.9. The monoisotopic (exact) mass is 487 g/mol. The van der Waals surface area contributed by atoms with Crippen LogP contribution in [0.2, 0.25) is 0 Å². The predicted molar refractivity (Wildman–Crippen MR) is 118 cm³/mol. The lowest BCUT2D eigenvalue weighted by molar-refractivity contribution is 0.241. The Morgan fingerprint density at radius 2 is 1.91 bits per heavy atom. The Balaban J connectivity index is 1.66. The van der Waals surface area contributed by atoms with E-state index in [-0.39, 0.29) is 30.3 Å². The molecule has 34 heavy (non-hydrogen) atoms. The van der Waals surface area contributed by atoms with Crippen LogP contribution in [0, 0.1) is 17.0 Å². The van der Waals surface area contributed by atoms with Gasteiger partial charge in [0.2, 0.25) is 0 Å². The van der Waals surface area contributed by atoms with Crippen molar-refractivity contribution >= 4 is 10.0 Å².